The Morgan fingerprint density at radius 1 is 1.33 bits per heavy atom. The average Bonchev–Trinajstić information content (AvgIpc) is 2.34. The quantitative estimate of drug-likeness (QED) is 0.584. The van der Waals surface area contributed by atoms with Gasteiger partial charge in [0.05, 0.1) is 5.41 Å². The van der Waals surface area contributed by atoms with Crippen molar-refractivity contribution in [2.24, 2.45) is 5.41 Å². The van der Waals surface area contributed by atoms with Gasteiger partial charge in [-0.2, -0.15) is 0 Å². The second-order valence-electron chi connectivity index (χ2n) is 5.45. The molecule has 0 heterocycles. The molecule has 18 heavy (non-hydrogen) atoms. The summed E-state index contributed by atoms with van der Waals surface area (Å²) in [6, 6.07) is 10.2. The summed E-state index contributed by atoms with van der Waals surface area (Å²) in [5, 5.41) is 0. The molecule has 98 valence electrons. The molecule has 0 aliphatic rings. The Morgan fingerprint density at radius 2 is 1.94 bits per heavy atom. The minimum atomic E-state index is -0.464. The first kappa shape index (κ1) is 14.5. The van der Waals surface area contributed by atoms with Gasteiger partial charge in [0, 0.05) is 0 Å². The number of carbonyl (C=O) groups is 1. The van der Waals surface area contributed by atoms with Crippen LogP contribution in [-0.4, -0.2) is 12.1 Å². The van der Waals surface area contributed by atoms with Gasteiger partial charge >= 0.3 is 5.97 Å². The van der Waals surface area contributed by atoms with Crippen LogP contribution in [0, 0.1) is 5.41 Å². The number of hydrogen-bond donors (Lipinski definition) is 0. The summed E-state index contributed by atoms with van der Waals surface area (Å²) in [6.07, 6.45) is 3.15. The smallest absolute Gasteiger partial charge is 0.311 e. The van der Waals surface area contributed by atoms with E-state index >= 15 is 0 Å². The van der Waals surface area contributed by atoms with Gasteiger partial charge < -0.3 is 4.74 Å². The van der Waals surface area contributed by atoms with Gasteiger partial charge in [0.25, 0.3) is 0 Å². The number of esters is 1. The molecule has 2 nitrogen and oxygen atoms in total. The van der Waals surface area contributed by atoms with Crippen LogP contribution in [0.4, 0.5) is 0 Å². The number of ether oxygens (including phenoxy) is 1. The molecule has 0 bridgehead atoms. The van der Waals surface area contributed by atoms with Crippen molar-refractivity contribution in [1.82, 2.24) is 0 Å². The van der Waals surface area contributed by atoms with E-state index in [0.29, 0.717) is 0 Å². The van der Waals surface area contributed by atoms with Crippen LogP contribution in [0.1, 0.15) is 32.8 Å². The highest BCUT2D eigenvalue weighted by atomic mass is 16.5. The molecular weight excluding hydrogens is 224 g/mol. The normalized spacial score (nSPS) is 12.8. The van der Waals surface area contributed by atoms with Crippen molar-refractivity contribution >= 4 is 5.97 Å². The molecule has 0 aliphatic carbocycles. The standard InChI is InChI=1S/C16H22O2/c1-5-14(18-15(17)16(2,3)4)12-11-13-9-7-6-8-10-13/h5-10,14H,1,11-12H2,2-4H3. The van der Waals surface area contributed by atoms with Crippen molar-refractivity contribution in [3.05, 3.63) is 48.6 Å². The van der Waals surface area contributed by atoms with Crippen molar-refractivity contribution in [1.29, 1.82) is 0 Å². The first-order valence-corrected chi connectivity index (χ1v) is 6.31. The van der Waals surface area contributed by atoms with E-state index in [-0.39, 0.29) is 12.1 Å². The number of rotatable bonds is 5. The molecule has 2 heteroatoms. The van der Waals surface area contributed by atoms with Crippen LogP contribution in [0.15, 0.2) is 43.0 Å². The third kappa shape index (κ3) is 4.74. The molecule has 1 atom stereocenters. The zero-order chi connectivity index (χ0) is 13.6. The summed E-state index contributed by atoms with van der Waals surface area (Å²) in [5.74, 6) is -0.180. The summed E-state index contributed by atoms with van der Waals surface area (Å²) >= 11 is 0. The highest BCUT2D eigenvalue weighted by Crippen LogP contribution is 2.18. The van der Waals surface area contributed by atoms with Crippen LogP contribution < -0.4 is 0 Å². The van der Waals surface area contributed by atoms with E-state index in [9.17, 15) is 4.79 Å². The Labute approximate surface area is 110 Å². The molecule has 0 saturated heterocycles. The van der Waals surface area contributed by atoms with Crippen LogP contribution in [-0.2, 0) is 16.0 Å². The van der Waals surface area contributed by atoms with E-state index < -0.39 is 5.41 Å². The fourth-order valence-electron chi connectivity index (χ4n) is 1.49. The van der Waals surface area contributed by atoms with E-state index in [4.69, 9.17) is 4.74 Å². The van der Waals surface area contributed by atoms with Gasteiger partial charge in [-0.25, -0.2) is 0 Å². The number of benzene rings is 1. The minimum absolute atomic E-state index is 0.180. The molecule has 0 aliphatic heterocycles. The van der Waals surface area contributed by atoms with Crippen molar-refractivity contribution in [3.63, 3.8) is 0 Å². The van der Waals surface area contributed by atoms with Crippen molar-refractivity contribution < 1.29 is 9.53 Å². The predicted octanol–water partition coefficient (Wildman–Crippen LogP) is 3.76. The molecule has 0 amide bonds. The maximum absolute atomic E-state index is 11.8. The van der Waals surface area contributed by atoms with E-state index in [1.165, 1.54) is 5.56 Å². The third-order valence-corrected chi connectivity index (χ3v) is 2.69. The van der Waals surface area contributed by atoms with Gasteiger partial charge in [-0.05, 0) is 39.2 Å². The van der Waals surface area contributed by atoms with Gasteiger partial charge in [0.2, 0.25) is 0 Å². The van der Waals surface area contributed by atoms with Gasteiger partial charge in [0.1, 0.15) is 6.10 Å². The second kappa shape index (κ2) is 6.39. The second-order valence-corrected chi connectivity index (χ2v) is 5.45. The monoisotopic (exact) mass is 246 g/mol. The largest absolute Gasteiger partial charge is 0.458 e. The van der Waals surface area contributed by atoms with Crippen LogP contribution in [0.25, 0.3) is 0 Å². The zero-order valence-electron chi connectivity index (χ0n) is 11.5. The highest BCUT2D eigenvalue weighted by molar-refractivity contribution is 5.75. The zero-order valence-corrected chi connectivity index (χ0v) is 11.5. The fourth-order valence-corrected chi connectivity index (χ4v) is 1.49. The molecule has 0 radical (unpaired) electrons. The third-order valence-electron chi connectivity index (χ3n) is 2.69. The lowest BCUT2D eigenvalue weighted by atomic mass is 9.97. The van der Waals surface area contributed by atoms with E-state index in [2.05, 4.69) is 18.7 Å². The molecule has 0 fully saturated rings. The summed E-state index contributed by atoms with van der Waals surface area (Å²) in [4.78, 5) is 11.8. The summed E-state index contributed by atoms with van der Waals surface area (Å²) in [6.45, 7) is 9.29. The van der Waals surface area contributed by atoms with Crippen molar-refractivity contribution in [2.45, 2.75) is 39.7 Å². The van der Waals surface area contributed by atoms with Gasteiger partial charge in [0.15, 0.2) is 0 Å². The molecule has 0 spiro atoms. The van der Waals surface area contributed by atoms with Crippen LogP contribution in [0.5, 0.6) is 0 Å². The highest BCUT2D eigenvalue weighted by Gasteiger charge is 2.25. The van der Waals surface area contributed by atoms with Crippen LogP contribution in [0.2, 0.25) is 0 Å². The molecule has 0 N–H and O–H groups in total. The predicted molar refractivity (Wildman–Crippen MR) is 74.3 cm³/mol. The maximum atomic E-state index is 11.8. The Bertz CT molecular complexity index is 387. The number of carbonyl (C=O) groups excluding carboxylic acids is 1. The molecule has 1 unspecified atom stereocenters. The SMILES string of the molecule is C=CC(CCc1ccccc1)OC(=O)C(C)(C)C. The van der Waals surface area contributed by atoms with Gasteiger partial charge in [-0.1, -0.05) is 43.0 Å². The Kier molecular flexibility index (Phi) is 5.14. The topological polar surface area (TPSA) is 26.3 Å². The summed E-state index contributed by atoms with van der Waals surface area (Å²) in [7, 11) is 0. The van der Waals surface area contributed by atoms with E-state index in [1.807, 2.05) is 39.0 Å². The van der Waals surface area contributed by atoms with E-state index in [0.717, 1.165) is 12.8 Å². The molecule has 1 aromatic carbocycles. The lowest BCUT2D eigenvalue weighted by molar-refractivity contribution is -0.156. The maximum Gasteiger partial charge on any atom is 0.311 e. The summed E-state index contributed by atoms with van der Waals surface area (Å²) in [5.41, 5.74) is 0.782. The number of hydrogen-bond acceptors (Lipinski definition) is 2. The molecule has 1 aromatic rings. The summed E-state index contributed by atoms with van der Waals surface area (Å²) < 4.78 is 5.43. The van der Waals surface area contributed by atoms with E-state index in [1.54, 1.807) is 6.08 Å². The first-order chi connectivity index (χ1) is 8.43. The van der Waals surface area contributed by atoms with Crippen molar-refractivity contribution in [3.8, 4) is 0 Å². The molecule has 0 saturated carbocycles. The lowest BCUT2D eigenvalue weighted by Gasteiger charge is -2.21. The van der Waals surface area contributed by atoms with Gasteiger partial charge in [-0.3, -0.25) is 4.79 Å². The lowest BCUT2D eigenvalue weighted by Crippen LogP contribution is -2.27. The molecule has 0 aromatic heterocycles. The van der Waals surface area contributed by atoms with Crippen molar-refractivity contribution in [2.75, 3.05) is 0 Å². The van der Waals surface area contributed by atoms with Gasteiger partial charge in [-0.15, -0.1) is 0 Å². The Hall–Kier alpha value is -1.57. The fraction of sp³-hybridized carbons (Fsp3) is 0.438. The molecule has 1 rings (SSSR count). The molecular formula is C16H22O2. The Balaban J connectivity index is 2.48. The Morgan fingerprint density at radius 3 is 2.44 bits per heavy atom. The number of aryl methyl sites for hydroxylation is 1. The van der Waals surface area contributed by atoms with Crippen LogP contribution >= 0.6 is 0 Å². The first-order valence-electron chi connectivity index (χ1n) is 6.31. The average molecular weight is 246 g/mol. The van der Waals surface area contributed by atoms with Crippen LogP contribution in [0.3, 0.4) is 0 Å². The minimum Gasteiger partial charge on any atom is -0.458 e.